The van der Waals surface area contributed by atoms with Crippen LogP contribution in [-0.4, -0.2) is 56.7 Å². The fourth-order valence-electron chi connectivity index (χ4n) is 4.78. The molecule has 0 spiro atoms. The molecular formula is C27H34N4O4S2. The average Bonchev–Trinajstić information content (AvgIpc) is 3.16. The van der Waals surface area contributed by atoms with E-state index in [1.165, 1.54) is 16.2 Å². The number of unbranched alkanes of at least 4 members (excludes halogenated alkanes) is 3. The van der Waals surface area contributed by atoms with Crippen molar-refractivity contribution in [2.45, 2.75) is 59.3 Å². The number of rotatable bonds is 9. The number of fused-ring (bicyclic) bond motifs is 1. The zero-order valence-electron chi connectivity index (χ0n) is 21.7. The lowest BCUT2D eigenvalue weighted by molar-refractivity contribution is -0.148. The number of carbonyl (C=O) groups excluding carboxylic acids is 2. The largest absolute Gasteiger partial charge is 0.466 e. The molecule has 2 aromatic heterocycles. The van der Waals surface area contributed by atoms with Crippen molar-refractivity contribution in [1.82, 2.24) is 14.3 Å². The Bertz CT molecular complexity index is 1280. The highest BCUT2D eigenvalue weighted by Crippen LogP contribution is 2.34. The molecule has 8 nitrogen and oxygen atoms in total. The molecule has 0 N–H and O–H groups in total. The van der Waals surface area contributed by atoms with Crippen molar-refractivity contribution in [2.75, 3.05) is 31.1 Å². The highest BCUT2D eigenvalue weighted by atomic mass is 32.2. The van der Waals surface area contributed by atoms with Gasteiger partial charge in [0.05, 0.1) is 23.0 Å². The smallest absolute Gasteiger partial charge is 0.309 e. The normalized spacial score (nSPS) is 17.9. The van der Waals surface area contributed by atoms with Gasteiger partial charge in [0.15, 0.2) is 0 Å². The molecule has 1 amide bonds. The van der Waals surface area contributed by atoms with Crippen molar-refractivity contribution in [3.63, 3.8) is 0 Å². The Morgan fingerprint density at radius 2 is 1.97 bits per heavy atom. The summed E-state index contributed by atoms with van der Waals surface area (Å²) in [6, 6.07) is 3.73. The predicted molar refractivity (Wildman–Crippen MR) is 152 cm³/mol. The number of ether oxygens (including phenoxy) is 1. The van der Waals surface area contributed by atoms with E-state index in [1.807, 2.05) is 30.9 Å². The first-order valence-corrected chi connectivity index (χ1v) is 14.3. The predicted octanol–water partition coefficient (Wildman–Crippen LogP) is 4.56. The summed E-state index contributed by atoms with van der Waals surface area (Å²) in [6.45, 7) is 7.96. The second kappa shape index (κ2) is 12.2. The molecule has 0 radical (unpaired) electrons. The van der Waals surface area contributed by atoms with E-state index in [0.717, 1.165) is 31.2 Å². The Hall–Kier alpha value is -2.72. The number of hydrogen-bond acceptors (Lipinski definition) is 8. The van der Waals surface area contributed by atoms with Gasteiger partial charge in [0.1, 0.15) is 15.8 Å². The summed E-state index contributed by atoms with van der Waals surface area (Å²) in [5.74, 6) is 0.0429. The van der Waals surface area contributed by atoms with E-state index in [1.54, 1.807) is 17.2 Å². The lowest BCUT2D eigenvalue weighted by Crippen LogP contribution is -2.39. The highest BCUT2D eigenvalue weighted by molar-refractivity contribution is 8.26. The van der Waals surface area contributed by atoms with Crippen molar-refractivity contribution >= 4 is 57.7 Å². The van der Waals surface area contributed by atoms with Crippen LogP contribution < -0.4 is 10.5 Å². The Labute approximate surface area is 227 Å². The minimum atomic E-state index is -0.232. The molecule has 0 aliphatic carbocycles. The zero-order valence-corrected chi connectivity index (χ0v) is 23.3. The van der Waals surface area contributed by atoms with Crippen molar-refractivity contribution in [3.8, 4) is 0 Å². The molecule has 0 unspecified atom stereocenters. The second-order valence-corrected chi connectivity index (χ2v) is 11.1. The monoisotopic (exact) mass is 542 g/mol. The number of carbonyl (C=O) groups is 2. The van der Waals surface area contributed by atoms with E-state index in [0.29, 0.717) is 65.3 Å². The van der Waals surface area contributed by atoms with Crippen molar-refractivity contribution < 1.29 is 14.3 Å². The zero-order chi connectivity index (χ0) is 26.5. The third kappa shape index (κ3) is 5.90. The molecule has 0 bridgehead atoms. The Balaban J connectivity index is 1.68. The van der Waals surface area contributed by atoms with E-state index < -0.39 is 0 Å². The van der Waals surface area contributed by atoms with Gasteiger partial charge >= 0.3 is 5.97 Å². The summed E-state index contributed by atoms with van der Waals surface area (Å²) in [7, 11) is 0. The number of pyridine rings is 1. The summed E-state index contributed by atoms with van der Waals surface area (Å²) in [5.41, 5.74) is 1.59. The van der Waals surface area contributed by atoms with Gasteiger partial charge in [-0.3, -0.25) is 23.7 Å². The highest BCUT2D eigenvalue weighted by Gasteiger charge is 2.33. The minimum Gasteiger partial charge on any atom is -0.466 e. The quantitative estimate of drug-likeness (QED) is 0.197. The standard InChI is InChI=1S/C27H34N4O4S2/c1-4-6-7-8-13-31-25(33)21(37-27(31)36)17-20-23(28-22-18(3)10-9-14-30(22)24(20)32)29-15-11-19(12-16-29)26(34)35-5-2/h9-10,14,17,19H,4-8,11-13,15-16H2,1-3H3/b21-17-. The molecule has 37 heavy (non-hydrogen) atoms. The van der Waals surface area contributed by atoms with E-state index in [9.17, 15) is 14.4 Å². The molecule has 2 aliphatic rings. The van der Waals surface area contributed by atoms with Gasteiger partial charge in [-0.2, -0.15) is 0 Å². The molecule has 4 rings (SSSR count). The number of thiocarbonyl (C=S) groups is 1. The number of anilines is 1. The SMILES string of the molecule is CCCCCCN1C(=O)/C(=C/c2c(N3CCC(C(=O)OCC)CC3)nc3c(C)cccn3c2=O)SC1=S. The van der Waals surface area contributed by atoms with Gasteiger partial charge < -0.3 is 9.64 Å². The van der Waals surface area contributed by atoms with Gasteiger partial charge in [0, 0.05) is 25.8 Å². The number of amides is 1. The third-order valence-corrected chi connectivity index (χ3v) is 8.24. The molecule has 4 heterocycles. The maximum atomic E-state index is 13.7. The minimum absolute atomic E-state index is 0.160. The van der Waals surface area contributed by atoms with Crippen LogP contribution in [0.15, 0.2) is 28.0 Å². The van der Waals surface area contributed by atoms with Crippen LogP contribution in [-0.2, 0) is 14.3 Å². The maximum absolute atomic E-state index is 13.7. The Kier molecular flexibility index (Phi) is 9.02. The number of aryl methyl sites for hydroxylation is 1. The van der Waals surface area contributed by atoms with Gasteiger partial charge in [-0.1, -0.05) is 56.2 Å². The van der Waals surface area contributed by atoms with E-state index in [4.69, 9.17) is 21.9 Å². The number of hydrogen-bond donors (Lipinski definition) is 0. The van der Waals surface area contributed by atoms with Crippen LogP contribution >= 0.6 is 24.0 Å². The van der Waals surface area contributed by atoms with Gasteiger partial charge in [-0.15, -0.1) is 0 Å². The molecule has 2 aliphatic heterocycles. The van der Waals surface area contributed by atoms with Crippen molar-refractivity contribution in [3.05, 3.63) is 44.7 Å². The van der Waals surface area contributed by atoms with Crippen LogP contribution in [0.5, 0.6) is 0 Å². The summed E-state index contributed by atoms with van der Waals surface area (Å²) in [5, 5.41) is 0. The lowest BCUT2D eigenvalue weighted by atomic mass is 9.96. The molecule has 10 heteroatoms. The summed E-state index contributed by atoms with van der Waals surface area (Å²) < 4.78 is 7.26. The number of thioether (sulfide) groups is 1. The first kappa shape index (κ1) is 27.3. The van der Waals surface area contributed by atoms with Crippen LogP contribution in [0.1, 0.15) is 63.5 Å². The van der Waals surface area contributed by atoms with Crippen LogP contribution in [0.3, 0.4) is 0 Å². The average molecular weight is 543 g/mol. The van der Waals surface area contributed by atoms with Crippen LogP contribution in [0.2, 0.25) is 0 Å². The van der Waals surface area contributed by atoms with Gasteiger partial charge in [0.2, 0.25) is 0 Å². The fraction of sp³-hybridized carbons (Fsp3) is 0.519. The molecule has 2 aromatic rings. The Morgan fingerprint density at radius 1 is 1.22 bits per heavy atom. The first-order valence-electron chi connectivity index (χ1n) is 13.0. The molecule has 198 valence electrons. The fourth-order valence-corrected chi connectivity index (χ4v) is 6.07. The van der Waals surface area contributed by atoms with Crippen molar-refractivity contribution in [2.24, 2.45) is 5.92 Å². The van der Waals surface area contributed by atoms with Crippen molar-refractivity contribution in [1.29, 1.82) is 0 Å². The summed E-state index contributed by atoms with van der Waals surface area (Å²) in [6.07, 6.45) is 8.78. The van der Waals surface area contributed by atoms with Crippen LogP contribution in [0, 0.1) is 12.8 Å². The van der Waals surface area contributed by atoms with E-state index in [-0.39, 0.29) is 23.4 Å². The topological polar surface area (TPSA) is 84.2 Å². The van der Waals surface area contributed by atoms with Gasteiger partial charge in [-0.05, 0) is 50.8 Å². The molecule has 0 saturated carbocycles. The van der Waals surface area contributed by atoms with Crippen LogP contribution in [0.25, 0.3) is 11.7 Å². The molecule has 0 aromatic carbocycles. The number of aromatic nitrogens is 2. The first-order chi connectivity index (χ1) is 17.8. The molecular weight excluding hydrogens is 508 g/mol. The summed E-state index contributed by atoms with van der Waals surface area (Å²) >= 11 is 6.74. The molecule has 2 fully saturated rings. The number of esters is 1. The van der Waals surface area contributed by atoms with Gasteiger partial charge in [-0.25, -0.2) is 4.98 Å². The second-order valence-electron chi connectivity index (χ2n) is 9.45. The maximum Gasteiger partial charge on any atom is 0.309 e. The molecule has 2 saturated heterocycles. The van der Waals surface area contributed by atoms with E-state index >= 15 is 0 Å². The summed E-state index contributed by atoms with van der Waals surface area (Å²) in [4.78, 5) is 48.2. The van der Waals surface area contributed by atoms with E-state index in [2.05, 4.69) is 6.92 Å². The lowest BCUT2D eigenvalue weighted by Gasteiger charge is -2.32. The Morgan fingerprint density at radius 3 is 2.68 bits per heavy atom. The number of piperidine rings is 1. The van der Waals surface area contributed by atoms with Crippen LogP contribution in [0.4, 0.5) is 5.82 Å². The third-order valence-electron chi connectivity index (χ3n) is 6.86. The number of nitrogens with zero attached hydrogens (tertiary/aromatic N) is 4. The van der Waals surface area contributed by atoms with Gasteiger partial charge in [0.25, 0.3) is 11.5 Å². The molecule has 0 atom stereocenters.